The lowest BCUT2D eigenvalue weighted by molar-refractivity contribution is 0.111. The van der Waals surface area contributed by atoms with Crippen LogP contribution in [0.25, 0.3) is 22.6 Å². The van der Waals surface area contributed by atoms with E-state index >= 15 is 0 Å². The quantitative estimate of drug-likeness (QED) is 0.703. The molecule has 2 N–H and O–H groups in total. The third kappa shape index (κ3) is 3.29. The summed E-state index contributed by atoms with van der Waals surface area (Å²) < 4.78 is 16.7. The van der Waals surface area contributed by atoms with Gasteiger partial charge in [0.15, 0.2) is 17.1 Å². The number of hydrogen-bond acceptors (Lipinski definition) is 7. The minimum Gasteiger partial charge on any atom is -0.493 e. The zero-order valence-electron chi connectivity index (χ0n) is 16.1. The van der Waals surface area contributed by atoms with Gasteiger partial charge in [0.25, 0.3) is 0 Å². The van der Waals surface area contributed by atoms with Gasteiger partial charge in [0.2, 0.25) is 5.89 Å². The second kappa shape index (κ2) is 7.52. The normalized spacial score (nSPS) is 19.2. The monoisotopic (exact) mass is 381 g/mol. The van der Waals surface area contributed by atoms with E-state index in [4.69, 9.17) is 13.9 Å². The van der Waals surface area contributed by atoms with Crippen LogP contribution in [-0.2, 0) is 0 Å². The summed E-state index contributed by atoms with van der Waals surface area (Å²) in [7, 11) is 3.20. The molecule has 28 heavy (non-hydrogen) atoms. The van der Waals surface area contributed by atoms with Crippen LogP contribution < -0.4 is 14.9 Å². The number of hydrazone groups is 1. The first-order valence-electron chi connectivity index (χ1n) is 9.27. The number of nitrogens with one attached hydrogen (secondary N) is 1. The van der Waals surface area contributed by atoms with Crippen LogP contribution in [0, 0.1) is 5.92 Å². The molecule has 1 aliphatic heterocycles. The lowest BCUT2D eigenvalue weighted by atomic mass is 9.90. The average molecular weight is 381 g/mol. The number of rotatable bonds is 5. The van der Waals surface area contributed by atoms with Gasteiger partial charge in [-0.1, -0.05) is 13.0 Å². The highest BCUT2D eigenvalue weighted by molar-refractivity contribution is 6.04. The van der Waals surface area contributed by atoms with Crippen LogP contribution in [-0.4, -0.2) is 36.2 Å². The first-order chi connectivity index (χ1) is 13.6. The van der Waals surface area contributed by atoms with E-state index < -0.39 is 6.23 Å². The van der Waals surface area contributed by atoms with E-state index in [0.29, 0.717) is 29.4 Å². The molecule has 2 unspecified atom stereocenters. The van der Waals surface area contributed by atoms with Crippen molar-refractivity contribution in [3.8, 4) is 23.0 Å². The number of ether oxygens (including phenoxy) is 2. The molecule has 0 saturated heterocycles. The van der Waals surface area contributed by atoms with Crippen molar-refractivity contribution in [1.29, 1.82) is 0 Å². The van der Waals surface area contributed by atoms with Crippen molar-refractivity contribution in [3.63, 3.8) is 0 Å². The van der Waals surface area contributed by atoms with Gasteiger partial charge in [-0.05, 0) is 36.8 Å². The first-order valence-corrected chi connectivity index (χ1v) is 9.27. The smallest absolute Gasteiger partial charge is 0.227 e. The molecule has 3 aromatic rings. The number of benzene rings is 2. The van der Waals surface area contributed by atoms with Gasteiger partial charge in [-0.3, -0.25) is 5.43 Å². The van der Waals surface area contributed by atoms with Crippen LogP contribution >= 0.6 is 0 Å². The third-order valence-electron chi connectivity index (χ3n) is 5.04. The molecule has 2 heterocycles. The molecule has 1 aromatic heterocycles. The van der Waals surface area contributed by atoms with Crippen molar-refractivity contribution in [2.75, 3.05) is 14.2 Å². The molecule has 0 aliphatic carbocycles. The number of fused-ring (bicyclic) bond motifs is 1. The van der Waals surface area contributed by atoms with Crippen molar-refractivity contribution in [2.24, 2.45) is 11.0 Å². The molecule has 0 bridgehead atoms. The van der Waals surface area contributed by atoms with Gasteiger partial charge in [0, 0.05) is 23.5 Å². The zero-order valence-corrected chi connectivity index (χ0v) is 16.1. The number of oxazole rings is 1. The molecule has 7 nitrogen and oxygen atoms in total. The van der Waals surface area contributed by atoms with E-state index in [0.717, 1.165) is 28.8 Å². The summed E-state index contributed by atoms with van der Waals surface area (Å²) in [5.74, 6) is 1.98. The third-order valence-corrected chi connectivity index (χ3v) is 5.04. The molecule has 0 radical (unpaired) electrons. The van der Waals surface area contributed by atoms with Crippen LogP contribution in [0.5, 0.6) is 11.5 Å². The number of aliphatic hydroxyl groups is 1. The number of aromatic nitrogens is 1. The summed E-state index contributed by atoms with van der Waals surface area (Å²) in [5.41, 5.74) is 6.93. The van der Waals surface area contributed by atoms with Crippen LogP contribution in [0.2, 0.25) is 0 Å². The van der Waals surface area contributed by atoms with E-state index in [1.165, 1.54) is 0 Å². The highest BCUT2D eigenvalue weighted by atomic mass is 16.5. The Bertz CT molecular complexity index is 1030. The van der Waals surface area contributed by atoms with Gasteiger partial charge < -0.3 is 19.0 Å². The molecule has 0 saturated carbocycles. The highest BCUT2D eigenvalue weighted by Crippen LogP contribution is 2.33. The standard InChI is InChI=1S/C21H23N3O4/c1-4-12-11-19(25)23-24-20(12)13-5-7-15-17(9-13)28-21(22-15)14-6-8-16(26-2)18(10-14)27-3/h5-10,12,19,23,25H,4,11H2,1-3H3. The molecule has 1 aliphatic rings. The Balaban J connectivity index is 1.71. The number of aliphatic hydroxyl groups excluding tert-OH is 1. The maximum absolute atomic E-state index is 9.79. The fourth-order valence-corrected chi connectivity index (χ4v) is 3.51. The van der Waals surface area contributed by atoms with Gasteiger partial charge in [0.1, 0.15) is 11.7 Å². The fourth-order valence-electron chi connectivity index (χ4n) is 3.51. The average Bonchev–Trinajstić information content (AvgIpc) is 3.16. The van der Waals surface area contributed by atoms with Crippen molar-refractivity contribution < 1.29 is 19.0 Å². The van der Waals surface area contributed by atoms with E-state index in [1.807, 2.05) is 36.4 Å². The fraction of sp³-hybridized carbons (Fsp3) is 0.333. The summed E-state index contributed by atoms with van der Waals surface area (Å²) in [6.07, 6.45) is 0.947. The van der Waals surface area contributed by atoms with Crippen molar-refractivity contribution in [2.45, 2.75) is 26.0 Å². The van der Waals surface area contributed by atoms with Crippen molar-refractivity contribution in [1.82, 2.24) is 10.4 Å². The molecule has 0 amide bonds. The molecular formula is C21H23N3O4. The lowest BCUT2D eigenvalue weighted by Crippen LogP contribution is -2.36. The summed E-state index contributed by atoms with van der Waals surface area (Å²) in [4.78, 5) is 4.59. The minimum absolute atomic E-state index is 0.196. The second-order valence-electron chi connectivity index (χ2n) is 6.75. The van der Waals surface area contributed by atoms with E-state index in [1.54, 1.807) is 14.2 Å². The summed E-state index contributed by atoms with van der Waals surface area (Å²) in [5, 5.41) is 14.2. The summed E-state index contributed by atoms with van der Waals surface area (Å²) >= 11 is 0. The Labute approximate surface area is 163 Å². The topological polar surface area (TPSA) is 89.1 Å². The highest BCUT2D eigenvalue weighted by Gasteiger charge is 2.25. The Morgan fingerprint density at radius 3 is 2.64 bits per heavy atom. The zero-order chi connectivity index (χ0) is 19.7. The van der Waals surface area contributed by atoms with Crippen molar-refractivity contribution >= 4 is 16.8 Å². The Morgan fingerprint density at radius 2 is 1.89 bits per heavy atom. The molecule has 146 valence electrons. The van der Waals surface area contributed by atoms with Gasteiger partial charge in [-0.2, -0.15) is 5.10 Å². The van der Waals surface area contributed by atoms with Crippen LogP contribution in [0.1, 0.15) is 25.3 Å². The first kappa shape index (κ1) is 18.3. The maximum atomic E-state index is 9.79. The molecule has 7 heteroatoms. The van der Waals surface area contributed by atoms with Crippen LogP contribution in [0.15, 0.2) is 45.9 Å². The van der Waals surface area contributed by atoms with E-state index in [9.17, 15) is 5.11 Å². The van der Waals surface area contributed by atoms with Gasteiger partial charge >= 0.3 is 0 Å². The predicted octanol–water partition coefficient (Wildman–Crippen LogP) is 3.55. The number of methoxy groups -OCH3 is 2. The minimum atomic E-state index is -0.598. The number of hydrogen-bond donors (Lipinski definition) is 2. The Morgan fingerprint density at radius 1 is 1.11 bits per heavy atom. The Hall–Kier alpha value is -3.06. The summed E-state index contributed by atoms with van der Waals surface area (Å²) in [6.45, 7) is 2.10. The number of nitrogens with zero attached hydrogens (tertiary/aromatic N) is 2. The van der Waals surface area contributed by atoms with E-state index in [-0.39, 0.29) is 5.92 Å². The lowest BCUT2D eigenvalue weighted by Gasteiger charge is -2.26. The SMILES string of the molecule is CCC1CC(O)NN=C1c1ccc2nc(-c3ccc(OC)c(OC)c3)oc2c1. The molecule has 0 spiro atoms. The largest absolute Gasteiger partial charge is 0.493 e. The molecule has 2 aromatic carbocycles. The van der Waals surface area contributed by atoms with Crippen molar-refractivity contribution in [3.05, 3.63) is 42.0 Å². The molecule has 2 atom stereocenters. The van der Waals surface area contributed by atoms with Crippen LogP contribution in [0.4, 0.5) is 0 Å². The second-order valence-corrected chi connectivity index (χ2v) is 6.75. The molecule has 4 rings (SSSR count). The molecular weight excluding hydrogens is 358 g/mol. The van der Waals surface area contributed by atoms with Gasteiger partial charge in [0.05, 0.1) is 19.9 Å². The molecule has 0 fully saturated rings. The van der Waals surface area contributed by atoms with E-state index in [2.05, 4.69) is 22.4 Å². The van der Waals surface area contributed by atoms with Gasteiger partial charge in [-0.25, -0.2) is 4.98 Å². The maximum Gasteiger partial charge on any atom is 0.227 e. The Kier molecular flexibility index (Phi) is 4.92. The summed E-state index contributed by atoms with van der Waals surface area (Å²) in [6, 6.07) is 11.4. The van der Waals surface area contributed by atoms with Gasteiger partial charge in [-0.15, -0.1) is 0 Å². The predicted molar refractivity (Wildman–Crippen MR) is 107 cm³/mol. The van der Waals surface area contributed by atoms with Crippen LogP contribution in [0.3, 0.4) is 0 Å².